The molecule has 2 aromatic heterocycles. The fraction of sp³-hybridized carbons (Fsp3) is 0.519. The Kier molecular flexibility index (Phi) is 6.89. The third-order valence-electron chi connectivity index (χ3n) is 8.06. The number of anilines is 1. The highest BCUT2D eigenvalue weighted by Gasteiger charge is 2.44. The maximum Gasteiger partial charge on any atom is 0.271 e. The molecular formula is C27H35N7O2. The van der Waals surface area contributed by atoms with Gasteiger partial charge in [-0.15, -0.1) is 5.10 Å². The summed E-state index contributed by atoms with van der Waals surface area (Å²) >= 11 is 0. The van der Waals surface area contributed by atoms with E-state index in [1.807, 2.05) is 45.0 Å². The normalized spacial score (nSPS) is 16.9. The zero-order chi connectivity index (χ0) is 25.2. The quantitative estimate of drug-likeness (QED) is 0.415. The molecule has 9 nitrogen and oxygen atoms in total. The standard InChI is InChI=1S/C27H35N7O2/c1-4-34-22(15-28-33-34)26(35)30-25(24(18-7-5-8-18)19-9-6-10-19)27(36)29-21-13-11-20(12-14-21)23-16(2)31-32-17(23)3/h11-15,18-19,24-25H,4-10H2,1-3H3,(H,29,36)(H,30,35)(H,31,32)/t25-/m0/s1. The van der Waals surface area contributed by atoms with Gasteiger partial charge in [0, 0.05) is 23.5 Å². The topological polar surface area (TPSA) is 118 Å². The van der Waals surface area contributed by atoms with Gasteiger partial charge in [0.2, 0.25) is 5.91 Å². The number of aryl methyl sites for hydroxylation is 3. The Hall–Kier alpha value is -3.49. The Labute approximate surface area is 211 Å². The Morgan fingerprint density at radius 3 is 2.28 bits per heavy atom. The van der Waals surface area contributed by atoms with Gasteiger partial charge in [0.1, 0.15) is 11.7 Å². The van der Waals surface area contributed by atoms with Crippen LogP contribution >= 0.6 is 0 Å². The summed E-state index contributed by atoms with van der Waals surface area (Å²) in [5, 5.41) is 21.4. The lowest BCUT2D eigenvalue weighted by atomic mass is 9.62. The molecule has 3 aromatic rings. The van der Waals surface area contributed by atoms with Crippen LogP contribution in [0.4, 0.5) is 5.69 Å². The predicted molar refractivity (Wildman–Crippen MR) is 137 cm³/mol. The van der Waals surface area contributed by atoms with Crippen molar-refractivity contribution in [3.8, 4) is 11.1 Å². The molecule has 2 heterocycles. The van der Waals surface area contributed by atoms with Crippen molar-refractivity contribution in [3.63, 3.8) is 0 Å². The molecule has 9 heteroatoms. The Morgan fingerprint density at radius 1 is 1.08 bits per heavy atom. The summed E-state index contributed by atoms with van der Waals surface area (Å²) in [6.45, 7) is 6.43. The van der Waals surface area contributed by atoms with Gasteiger partial charge < -0.3 is 10.6 Å². The molecule has 5 rings (SSSR count). The fourth-order valence-electron chi connectivity index (χ4n) is 5.71. The molecule has 2 aliphatic carbocycles. The lowest BCUT2D eigenvalue weighted by Gasteiger charge is -2.46. The number of amides is 2. The third-order valence-corrected chi connectivity index (χ3v) is 8.06. The van der Waals surface area contributed by atoms with Gasteiger partial charge in [0.25, 0.3) is 5.91 Å². The Morgan fingerprint density at radius 2 is 1.75 bits per heavy atom. The minimum atomic E-state index is -0.605. The highest BCUT2D eigenvalue weighted by molar-refractivity contribution is 6.00. The summed E-state index contributed by atoms with van der Waals surface area (Å²) in [4.78, 5) is 27.0. The van der Waals surface area contributed by atoms with E-state index in [0.717, 1.165) is 48.2 Å². The van der Waals surface area contributed by atoms with Crippen LogP contribution in [0.25, 0.3) is 11.1 Å². The molecular weight excluding hydrogens is 454 g/mol. The number of carbonyl (C=O) groups excluding carboxylic acids is 2. The number of aromatic nitrogens is 5. The van der Waals surface area contributed by atoms with Crippen LogP contribution in [0.2, 0.25) is 0 Å². The van der Waals surface area contributed by atoms with Crippen LogP contribution < -0.4 is 10.6 Å². The van der Waals surface area contributed by atoms with E-state index < -0.39 is 6.04 Å². The first-order chi connectivity index (χ1) is 17.5. The molecule has 190 valence electrons. The van der Waals surface area contributed by atoms with Crippen LogP contribution in [0, 0.1) is 31.6 Å². The highest BCUT2D eigenvalue weighted by Crippen LogP contribution is 2.46. The molecule has 0 unspecified atom stereocenters. The van der Waals surface area contributed by atoms with Crippen LogP contribution in [0.3, 0.4) is 0 Å². The van der Waals surface area contributed by atoms with Crippen molar-refractivity contribution < 1.29 is 9.59 Å². The molecule has 0 spiro atoms. The van der Waals surface area contributed by atoms with Gasteiger partial charge >= 0.3 is 0 Å². The van der Waals surface area contributed by atoms with Crippen LogP contribution in [-0.4, -0.2) is 43.0 Å². The van der Waals surface area contributed by atoms with Crippen molar-refractivity contribution in [1.29, 1.82) is 0 Å². The van der Waals surface area contributed by atoms with E-state index >= 15 is 0 Å². The van der Waals surface area contributed by atoms with E-state index in [-0.39, 0.29) is 17.7 Å². The van der Waals surface area contributed by atoms with E-state index in [2.05, 4.69) is 31.1 Å². The number of hydrogen-bond donors (Lipinski definition) is 3. The lowest BCUT2D eigenvalue weighted by molar-refractivity contribution is -0.121. The van der Waals surface area contributed by atoms with E-state index in [0.29, 0.717) is 29.8 Å². The predicted octanol–water partition coefficient (Wildman–Crippen LogP) is 4.26. The number of hydrogen-bond acceptors (Lipinski definition) is 5. The van der Waals surface area contributed by atoms with Crippen molar-refractivity contribution in [2.75, 3.05) is 5.32 Å². The van der Waals surface area contributed by atoms with Gasteiger partial charge in [-0.1, -0.05) is 55.9 Å². The number of rotatable bonds is 9. The van der Waals surface area contributed by atoms with Gasteiger partial charge in [-0.05, 0) is 56.2 Å². The van der Waals surface area contributed by atoms with Crippen LogP contribution in [0.5, 0.6) is 0 Å². The molecule has 1 aromatic carbocycles. The molecule has 0 aliphatic heterocycles. The van der Waals surface area contributed by atoms with Crippen LogP contribution in [-0.2, 0) is 11.3 Å². The first-order valence-corrected chi connectivity index (χ1v) is 13.1. The molecule has 1 atom stereocenters. The smallest absolute Gasteiger partial charge is 0.271 e. The molecule has 0 bridgehead atoms. The zero-order valence-electron chi connectivity index (χ0n) is 21.3. The molecule has 36 heavy (non-hydrogen) atoms. The van der Waals surface area contributed by atoms with Crippen molar-refractivity contribution in [2.24, 2.45) is 17.8 Å². The van der Waals surface area contributed by atoms with Crippen molar-refractivity contribution >= 4 is 17.5 Å². The highest BCUT2D eigenvalue weighted by atomic mass is 16.2. The van der Waals surface area contributed by atoms with Crippen molar-refractivity contribution in [1.82, 2.24) is 30.5 Å². The summed E-state index contributed by atoms with van der Waals surface area (Å²) < 4.78 is 1.56. The summed E-state index contributed by atoms with van der Waals surface area (Å²) in [5.74, 6) is 0.612. The largest absolute Gasteiger partial charge is 0.339 e. The van der Waals surface area contributed by atoms with E-state index in [4.69, 9.17) is 0 Å². The monoisotopic (exact) mass is 489 g/mol. The summed E-state index contributed by atoms with van der Waals surface area (Å²) in [5.41, 5.74) is 5.17. The zero-order valence-corrected chi connectivity index (χ0v) is 21.3. The number of H-pyrrole nitrogens is 1. The van der Waals surface area contributed by atoms with E-state index in [9.17, 15) is 9.59 Å². The number of nitrogens with zero attached hydrogens (tertiary/aromatic N) is 4. The second kappa shape index (κ2) is 10.2. The lowest BCUT2D eigenvalue weighted by Crippen LogP contribution is -2.54. The second-order valence-electron chi connectivity index (χ2n) is 10.2. The molecule has 2 saturated carbocycles. The van der Waals surface area contributed by atoms with Gasteiger partial charge in [0.15, 0.2) is 0 Å². The van der Waals surface area contributed by atoms with Gasteiger partial charge in [-0.3, -0.25) is 14.7 Å². The average Bonchev–Trinajstić information content (AvgIpc) is 3.41. The number of carbonyl (C=O) groups is 2. The number of nitrogens with one attached hydrogen (secondary N) is 3. The van der Waals surface area contributed by atoms with Crippen molar-refractivity contribution in [3.05, 3.63) is 47.5 Å². The molecule has 0 saturated heterocycles. The number of benzene rings is 1. The Balaban J connectivity index is 1.38. The molecule has 2 fully saturated rings. The summed E-state index contributed by atoms with van der Waals surface area (Å²) in [6, 6.07) is 7.21. The first kappa shape index (κ1) is 24.2. The van der Waals surface area contributed by atoms with E-state index in [1.165, 1.54) is 19.0 Å². The van der Waals surface area contributed by atoms with Gasteiger partial charge in [-0.25, -0.2) is 4.68 Å². The minimum absolute atomic E-state index is 0.137. The number of aromatic amines is 1. The summed E-state index contributed by atoms with van der Waals surface area (Å²) in [7, 11) is 0. The molecule has 0 radical (unpaired) electrons. The average molecular weight is 490 g/mol. The molecule has 2 aliphatic rings. The SMILES string of the molecule is CCn1nncc1C(=O)N[C@H](C(=O)Nc1ccc(-c2c(C)n[nH]c2C)cc1)C(C1CCC1)C1CCC1. The van der Waals surface area contributed by atoms with Gasteiger partial charge in [0.05, 0.1) is 11.9 Å². The first-order valence-electron chi connectivity index (χ1n) is 13.1. The minimum Gasteiger partial charge on any atom is -0.339 e. The van der Waals surface area contributed by atoms with Crippen LogP contribution in [0.1, 0.15) is 67.3 Å². The van der Waals surface area contributed by atoms with Gasteiger partial charge in [-0.2, -0.15) is 5.10 Å². The third kappa shape index (κ3) is 4.66. The maximum atomic E-state index is 13.7. The van der Waals surface area contributed by atoms with Crippen LogP contribution in [0.15, 0.2) is 30.5 Å². The van der Waals surface area contributed by atoms with Crippen molar-refractivity contribution in [2.45, 2.75) is 71.9 Å². The molecule has 3 N–H and O–H groups in total. The maximum absolute atomic E-state index is 13.7. The molecule has 2 amide bonds. The fourth-order valence-corrected chi connectivity index (χ4v) is 5.71. The Bertz CT molecular complexity index is 1190. The summed E-state index contributed by atoms with van der Waals surface area (Å²) in [6.07, 6.45) is 8.32. The van der Waals surface area contributed by atoms with E-state index in [1.54, 1.807) is 4.68 Å². The second-order valence-corrected chi connectivity index (χ2v) is 10.2.